The lowest BCUT2D eigenvalue weighted by Gasteiger charge is -2.18. The zero-order chi connectivity index (χ0) is 27.1. The maximum Gasteiger partial charge on any atom is 0.335 e. The van der Waals surface area contributed by atoms with Crippen LogP contribution in [-0.2, 0) is 16.0 Å². The molecule has 4 aromatic rings. The molecule has 3 N–H and O–H groups in total. The van der Waals surface area contributed by atoms with E-state index >= 15 is 0 Å². The average molecular weight is 534 g/mol. The van der Waals surface area contributed by atoms with Crippen molar-refractivity contribution in [3.63, 3.8) is 0 Å². The first-order valence-corrected chi connectivity index (χ1v) is 11.5. The van der Waals surface area contributed by atoms with Crippen LogP contribution in [0.4, 0.5) is 5.69 Å². The van der Waals surface area contributed by atoms with E-state index in [1.54, 1.807) is 24.3 Å². The number of hydrogen-bond donors (Lipinski definition) is 3. The number of nitrogens with one attached hydrogen (secondary N) is 2. The van der Waals surface area contributed by atoms with Gasteiger partial charge in [-0.05, 0) is 65.0 Å². The van der Waals surface area contributed by atoms with E-state index in [1.165, 1.54) is 65.9 Å². The zero-order valence-electron chi connectivity index (χ0n) is 19.6. The van der Waals surface area contributed by atoms with Gasteiger partial charge in [-0.1, -0.05) is 11.6 Å². The van der Waals surface area contributed by atoms with Gasteiger partial charge in [-0.15, -0.1) is 5.10 Å². The number of nitrogens with zero attached hydrogens (tertiary/aromatic N) is 5. The van der Waals surface area contributed by atoms with E-state index in [0.717, 1.165) is 0 Å². The van der Waals surface area contributed by atoms with Gasteiger partial charge in [-0.3, -0.25) is 9.59 Å². The predicted octanol–water partition coefficient (Wildman–Crippen LogP) is 2.03. The summed E-state index contributed by atoms with van der Waals surface area (Å²) in [7, 11) is 0. The minimum atomic E-state index is -1.10. The first-order chi connectivity index (χ1) is 18.3. The van der Waals surface area contributed by atoms with E-state index in [0.29, 0.717) is 32.3 Å². The van der Waals surface area contributed by atoms with E-state index in [2.05, 4.69) is 26.2 Å². The number of rotatable bonds is 9. The fourth-order valence-electron chi connectivity index (χ4n) is 3.52. The Bertz CT molecular complexity index is 1490. The Morgan fingerprint density at radius 1 is 1.16 bits per heavy atom. The van der Waals surface area contributed by atoms with E-state index in [4.69, 9.17) is 16.7 Å². The van der Waals surface area contributed by atoms with Crippen LogP contribution in [0.5, 0.6) is 0 Å². The van der Waals surface area contributed by atoms with Crippen LogP contribution in [0.1, 0.15) is 21.5 Å². The summed E-state index contributed by atoms with van der Waals surface area (Å²) in [5.74, 6) is -2.24. The lowest BCUT2D eigenvalue weighted by Crippen LogP contribution is -2.45. The molecule has 2 amide bonds. The van der Waals surface area contributed by atoms with Gasteiger partial charge in [0.15, 0.2) is 12.4 Å². The Hall–Kier alpha value is -5.10. The van der Waals surface area contributed by atoms with Crippen LogP contribution in [0.15, 0.2) is 79.4 Å². The molecular weight excluding hydrogens is 514 g/mol. The number of amides is 2. The number of anilines is 1. The summed E-state index contributed by atoms with van der Waals surface area (Å²) in [4.78, 5) is 37.0. The van der Waals surface area contributed by atoms with Crippen molar-refractivity contribution >= 4 is 41.1 Å². The fourth-order valence-corrected chi connectivity index (χ4v) is 3.70. The fraction of sp³-hybridized carbons (Fsp3) is 0.0800. The third-order valence-corrected chi connectivity index (χ3v) is 5.54. The van der Waals surface area contributed by atoms with Crippen LogP contribution in [0.3, 0.4) is 0 Å². The molecule has 2 aromatic heterocycles. The quantitative estimate of drug-likeness (QED) is 0.167. The van der Waals surface area contributed by atoms with Gasteiger partial charge in [0.2, 0.25) is 11.8 Å². The number of carboxylic acid groups (broad SMARTS) is 1. The molecular formula is C25H20ClN7O5. The number of carboxylic acids is 1. The molecule has 38 heavy (non-hydrogen) atoms. The molecule has 1 atom stereocenters. The standard InChI is InChI=1S/C25H20ClN7O5/c26-19-6-9-22(33-15-27-30-31-33)18(13-19)5-10-23(34)29-21(12-16-2-1-11-32(38)14-16)24(35)28-20-7-3-17(4-8-20)25(36)37/h1-11,13-15,21H,12H2,(H,28,35)(H,29,34)(H,36,37). The summed E-state index contributed by atoms with van der Waals surface area (Å²) >= 11 is 6.12. The van der Waals surface area contributed by atoms with Gasteiger partial charge in [0.1, 0.15) is 12.4 Å². The summed E-state index contributed by atoms with van der Waals surface area (Å²) in [5, 5.41) is 37.6. The number of carbonyl (C=O) groups excluding carboxylic acids is 2. The number of aromatic carboxylic acids is 1. The maximum absolute atomic E-state index is 13.1. The van der Waals surface area contributed by atoms with Crippen LogP contribution in [0, 0.1) is 5.21 Å². The molecule has 0 saturated heterocycles. The maximum atomic E-state index is 13.1. The first-order valence-electron chi connectivity index (χ1n) is 11.1. The van der Waals surface area contributed by atoms with Gasteiger partial charge in [-0.2, -0.15) is 9.41 Å². The SMILES string of the molecule is O=C(C=Cc1cc(Cl)ccc1-n1cnnn1)NC(Cc1ccc[n+]([O-])c1)C(=O)Nc1ccc(C(=O)O)cc1. The molecule has 4 rings (SSSR count). The van der Waals surface area contributed by atoms with E-state index in [-0.39, 0.29) is 12.0 Å². The van der Waals surface area contributed by atoms with Crippen LogP contribution >= 0.6 is 11.6 Å². The highest BCUT2D eigenvalue weighted by atomic mass is 35.5. The van der Waals surface area contributed by atoms with Crippen LogP contribution in [0.25, 0.3) is 11.8 Å². The van der Waals surface area contributed by atoms with Crippen molar-refractivity contribution in [3.8, 4) is 5.69 Å². The molecule has 12 nitrogen and oxygen atoms in total. The number of benzene rings is 2. The minimum absolute atomic E-state index is 0.0226. The van der Waals surface area contributed by atoms with Crippen molar-refractivity contribution < 1.29 is 24.2 Å². The molecule has 0 spiro atoms. The molecule has 0 bridgehead atoms. The lowest BCUT2D eigenvalue weighted by atomic mass is 10.1. The smallest absolute Gasteiger partial charge is 0.335 e. The van der Waals surface area contributed by atoms with Crippen molar-refractivity contribution in [1.29, 1.82) is 0 Å². The van der Waals surface area contributed by atoms with Gasteiger partial charge >= 0.3 is 5.97 Å². The molecule has 0 saturated carbocycles. The topological polar surface area (TPSA) is 166 Å². The Morgan fingerprint density at radius 2 is 1.95 bits per heavy atom. The van der Waals surface area contributed by atoms with E-state index in [9.17, 15) is 19.6 Å². The van der Waals surface area contributed by atoms with E-state index in [1.807, 2.05) is 0 Å². The molecule has 1 unspecified atom stereocenters. The molecule has 0 fully saturated rings. The molecule has 13 heteroatoms. The third kappa shape index (κ3) is 6.77. The number of halogens is 1. The second kappa shape index (κ2) is 11.8. The zero-order valence-corrected chi connectivity index (χ0v) is 20.3. The average Bonchev–Trinajstić information content (AvgIpc) is 3.42. The summed E-state index contributed by atoms with van der Waals surface area (Å²) in [6, 6.07) is 12.7. The molecule has 2 heterocycles. The van der Waals surface area contributed by atoms with Crippen LogP contribution in [-0.4, -0.2) is 49.1 Å². The highest BCUT2D eigenvalue weighted by Crippen LogP contribution is 2.20. The Labute approximate surface area is 220 Å². The van der Waals surface area contributed by atoms with Gasteiger partial charge < -0.3 is 20.9 Å². The Kier molecular flexibility index (Phi) is 8.04. The van der Waals surface area contributed by atoms with Crippen LogP contribution in [0.2, 0.25) is 5.02 Å². The highest BCUT2D eigenvalue weighted by molar-refractivity contribution is 6.30. The Balaban J connectivity index is 1.53. The Morgan fingerprint density at radius 3 is 2.63 bits per heavy atom. The molecule has 0 aliphatic rings. The second-order valence-corrected chi connectivity index (χ2v) is 8.44. The summed E-state index contributed by atoms with van der Waals surface area (Å²) in [6.45, 7) is 0. The minimum Gasteiger partial charge on any atom is -0.619 e. The molecule has 192 valence electrons. The number of tetrazole rings is 1. The van der Waals surface area contributed by atoms with Gasteiger partial charge in [0.05, 0.1) is 11.3 Å². The monoisotopic (exact) mass is 533 g/mol. The first kappa shape index (κ1) is 26.0. The lowest BCUT2D eigenvalue weighted by molar-refractivity contribution is -0.605. The summed E-state index contributed by atoms with van der Waals surface area (Å²) < 4.78 is 2.00. The van der Waals surface area contributed by atoms with Crippen molar-refractivity contribution in [2.24, 2.45) is 0 Å². The molecule has 2 aromatic carbocycles. The number of pyridine rings is 1. The summed E-state index contributed by atoms with van der Waals surface area (Å²) in [5.41, 5.74) is 2.04. The number of carbonyl (C=O) groups is 3. The highest BCUT2D eigenvalue weighted by Gasteiger charge is 2.22. The van der Waals surface area contributed by atoms with Crippen molar-refractivity contribution in [3.05, 3.63) is 106 Å². The van der Waals surface area contributed by atoms with Crippen molar-refractivity contribution in [2.45, 2.75) is 12.5 Å². The van der Waals surface area contributed by atoms with Gasteiger partial charge in [-0.25, -0.2) is 4.79 Å². The third-order valence-electron chi connectivity index (χ3n) is 5.31. The van der Waals surface area contributed by atoms with Crippen molar-refractivity contribution in [1.82, 2.24) is 25.5 Å². The van der Waals surface area contributed by atoms with Crippen LogP contribution < -0.4 is 15.4 Å². The predicted molar refractivity (Wildman–Crippen MR) is 136 cm³/mol. The largest absolute Gasteiger partial charge is 0.619 e. The van der Waals surface area contributed by atoms with E-state index < -0.39 is 23.8 Å². The van der Waals surface area contributed by atoms with Gasteiger partial charge in [0.25, 0.3) is 0 Å². The number of hydrogen-bond acceptors (Lipinski definition) is 7. The summed E-state index contributed by atoms with van der Waals surface area (Å²) in [6.07, 6.45) is 6.76. The normalized spacial score (nSPS) is 11.7. The molecule has 0 radical (unpaired) electrons. The molecule has 0 aliphatic carbocycles. The van der Waals surface area contributed by atoms with Crippen molar-refractivity contribution in [2.75, 3.05) is 5.32 Å². The number of aromatic nitrogens is 5. The molecule has 0 aliphatic heterocycles. The second-order valence-electron chi connectivity index (χ2n) is 8.00. The van der Waals surface area contributed by atoms with Gasteiger partial charge in [0, 0.05) is 40.4 Å².